The van der Waals surface area contributed by atoms with Gasteiger partial charge in [0, 0.05) is 17.2 Å². The second kappa shape index (κ2) is 5.29. The molecule has 0 N–H and O–H groups in total. The number of nitrogens with zero attached hydrogens (tertiary/aromatic N) is 1. The minimum atomic E-state index is -0.453. The van der Waals surface area contributed by atoms with Gasteiger partial charge in [0.15, 0.2) is 0 Å². The third kappa shape index (κ3) is 2.31. The van der Waals surface area contributed by atoms with Crippen LogP contribution in [0.4, 0.5) is 10.1 Å². The Kier molecular flexibility index (Phi) is 3.49. The number of fused-ring (bicyclic) bond motifs is 1. The van der Waals surface area contributed by atoms with Crippen LogP contribution in [0.3, 0.4) is 0 Å². The summed E-state index contributed by atoms with van der Waals surface area (Å²) in [4.78, 5) is 15.3. The zero-order valence-corrected chi connectivity index (χ0v) is 11.9. The molecule has 1 heterocycles. The first-order valence-electron chi connectivity index (χ1n) is 6.46. The minimum Gasteiger partial charge on any atom is -0.306 e. The summed E-state index contributed by atoms with van der Waals surface area (Å²) in [5.41, 5.74) is 1.82. The molecule has 102 valence electrons. The highest BCUT2D eigenvalue weighted by Crippen LogP contribution is 2.35. The number of hydrogen-bond acceptors (Lipinski definition) is 2. The monoisotopic (exact) mass is 287 g/mol. The zero-order valence-electron chi connectivity index (χ0n) is 11.1. The Morgan fingerprint density at radius 3 is 2.85 bits per heavy atom. The quantitative estimate of drug-likeness (QED) is 0.793. The third-order valence-corrected chi connectivity index (χ3v) is 4.37. The van der Waals surface area contributed by atoms with Crippen LogP contribution in [0.1, 0.15) is 15.9 Å². The van der Waals surface area contributed by atoms with Crippen molar-refractivity contribution in [3.63, 3.8) is 0 Å². The lowest BCUT2D eigenvalue weighted by molar-refractivity contribution is 0.0984. The van der Waals surface area contributed by atoms with Crippen LogP contribution in [0.5, 0.6) is 0 Å². The van der Waals surface area contributed by atoms with Gasteiger partial charge in [-0.25, -0.2) is 4.39 Å². The molecule has 1 aliphatic rings. The van der Waals surface area contributed by atoms with Crippen molar-refractivity contribution in [1.82, 2.24) is 0 Å². The lowest BCUT2D eigenvalue weighted by atomic mass is 10.1. The molecule has 0 bridgehead atoms. The number of rotatable bonds is 1. The lowest BCUT2D eigenvalue weighted by Gasteiger charge is -2.29. The molecule has 0 radical (unpaired) electrons. The summed E-state index contributed by atoms with van der Waals surface area (Å²) in [5, 5.41) is 0. The van der Waals surface area contributed by atoms with Crippen molar-refractivity contribution in [3.05, 3.63) is 59.4 Å². The maximum Gasteiger partial charge on any atom is 0.261 e. The van der Waals surface area contributed by atoms with Crippen LogP contribution in [0.15, 0.2) is 47.4 Å². The van der Waals surface area contributed by atoms with Crippen molar-refractivity contribution in [2.45, 2.75) is 11.8 Å². The van der Waals surface area contributed by atoms with Gasteiger partial charge in [-0.05, 0) is 36.8 Å². The predicted molar refractivity (Wildman–Crippen MR) is 80.0 cm³/mol. The second-order valence-electron chi connectivity index (χ2n) is 4.76. The van der Waals surface area contributed by atoms with E-state index < -0.39 is 5.82 Å². The van der Waals surface area contributed by atoms with Gasteiger partial charge in [-0.15, -0.1) is 11.8 Å². The van der Waals surface area contributed by atoms with Crippen LogP contribution >= 0.6 is 11.8 Å². The van der Waals surface area contributed by atoms with Crippen molar-refractivity contribution < 1.29 is 9.18 Å². The fraction of sp³-hybridized carbons (Fsp3) is 0.188. The average Bonchev–Trinajstić information content (AvgIpc) is 2.46. The summed E-state index contributed by atoms with van der Waals surface area (Å²) in [5.74, 6) is 0.108. The van der Waals surface area contributed by atoms with Gasteiger partial charge in [0.25, 0.3) is 5.91 Å². The van der Waals surface area contributed by atoms with Gasteiger partial charge in [-0.3, -0.25) is 4.79 Å². The minimum absolute atomic E-state index is 0.136. The average molecular weight is 287 g/mol. The van der Waals surface area contributed by atoms with Crippen LogP contribution in [0.2, 0.25) is 0 Å². The normalized spacial score (nSPS) is 14.0. The molecule has 0 aliphatic carbocycles. The van der Waals surface area contributed by atoms with E-state index in [1.54, 1.807) is 28.8 Å². The molecule has 0 fully saturated rings. The van der Waals surface area contributed by atoms with Crippen molar-refractivity contribution in [2.75, 3.05) is 17.2 Å². The summed E-state index contributed by atoms with van der Waals surface area (Å²) in [6.45, 7) is 2.41. The standard InChI is InChI=1S/C16H14FNOS/c1-11-6-7-12(13(17)10-11)16(19)18-8-9-20-15-5-3-2-4-14(15)18/h2-7,10H,8-9H2,1H3. The van der Waals surface area contributed by atoms with Crippen LogP contribution in [0, 0.1) is 12.7 Å². The summed E-state index contributed by atoms with van der Waals surface area (Å²) in [6, 6.07) is 12.5. The van der Waals surface area contributed by atoms with E-state index in [-0.39, 0.29) is 11.5 Å². The van der Waals surface area contributed by atoms with Gasteiger partial charge in [0.1, 0.15) is 5.82 Å². The number of para-hydroxylation sites is 1. The Hall–Kier alpha value is -1.81. The van der Waals surface area contributed by atoms with Crippen LogP contribution in [-0.4, -0.2) is 18.2 Å². The number of carbonyl (C=O) groups excluding carboxylic acids is 1. The van der Waals surface area contributed by atoms with Gasteiger partial charge in [0.2, 0.25) is 0 Å². The molecule has 0 atom stereocenters. The molecule has 1 aliphatic heterocycles. The Morgan fingerprint density at radius 1 is 1.25 bits per heavy atom. The van der Waals surface area contributed by atoms with E-state index in [0.717, 1.165) is 21.9 Å². The molecule has 0 unspecified atom stereocenters. The highest BCUT2D eigenvalue weighted by Gasteiger charge is 2.25. The predicted octanol–water partition coefficient (Wildman–Crippen LogP) is 3.89. The van der Waals surface area contributed by atoms with E-state index in [4.69, 9.17) is 0 Å². The van der Waals surface area contributed by atoms with Gasteiger partial charge in [0.05, 0.1) is 11.3 Å². The second-order valence-corrected chi connectivity index (χ2v) is 5.89. The molecule has 0 aromatic heterocycles. The van der Waals surface area contributed by atoms with Crippen LogP contribution in [0.25, 0.3) is 0 Å². The molecule has 1 amide bonds. The van der Waals surface area contributed by atoms with E-state index >= 15 is 0 Å². The zero-order chi connectivity index (χ0) is 14.1. The van der Waals surface area contributed by atoms with Crippen molar-refractivity contribution >= 4 is 23.4 Å². The molecule has 2 aromatic carbocycles. The fourth-order valence-corrected chi connectivity index (χ4v) is 3.31. The van der Waals surface area contributed by atoms with Crippen LogP contribution < -0.4 is 4.90 Å². The third-order valence-electron chi connectivity index (χ3n) is 3.33. The van der Waals surface area contributed by atoms with E-state index in [1.807, 2.05) is 31.2 Å². The smallest absolute Gasteiger partial charge is 0.261 e. The van der Waals surface area contributed by atoms with Gasteiger partial charge in [-0.2, -0.15) is 0 Å². The number of anilines is 1. The molecule has 0 spiro atoms. The summed E-state index contributed by atoms with van der Waals surface area (Å²) in [7, 11) is 0. The van der Waals surface area contributed by atoms with Crippen molar-refractivity contribution in [1.29, 1.82) is 0 Å². The Balaban J connectivity index is 2.00. The molecule has 2 aromatic rings. The maximum atomic E-state index is 14.0. The first-order chi connectivity index (χ1) is 9.66. The molecular weight excluding hydrogens is 273 g/mol. The molecule has 20 heavy (non-hydrogen) atoms. The van der Waals surface area contributed by atoms with E-state index in [1.165, 1.54) is 6.07 Å². The summed E-state index contributed by atoms with van der Waals surface area (Å²) >= 11 is 1.72. The molecule has 4 heteroatoms. The number of halogens is 1. The highest BCUT2D eigenvalue weighted by molar-refractivity contribution is 7.99. The molecular formula is C16H14FNOS. The topological polar surface area (TPSA) is 20.3 Å². The maximum absolute atomic E-state index is 14.0. The largest absolute Gasteiger partial charge is 0.306 e. The number of benzene rings is 2. The summed E-state index contributed by atoms with van der Waals surface area (Å²) < 4.78 is 14.0. The number of carbonyl (C=O) groups is 1. The number of hydrogen-bond donors (Lipinski definition) is 0. The van der Waals surface area contributed by atoms with Gasteiger partial charge < -0.3 is 4.90 Å². The highest BCUT2D eigenvalue weighted by atomic mass is 32.2. The Morgan fingerprint density at radius 2 is 2.05 bits per heavy atom. The van der Waals surface area contributed by atoms with Gasteiger partial charge in [-0.1, -0.05) is 18.2 Å². The van der Waals surface area contributed by atoms with E-state index in [9.17, 15) is 9.18 Å². The fourth-order valence-electron chi connectivity index (χ4n) is 2.32. The lowest BCUT2D eigenvalue weighted by Crippen LogP contribution is -2.35. The van der Waals surface area contributed by atoms with Crippen molar-refractivity contribution in [2.24, 2.45) is 0 Å². The number of thioether (sulfide) groups is 1. The molecule has 0 saturated carbocycles. The molecule has 0 saturated heterocycles. The SMILES string of the molecule is Cc1ccc(C(=O)N2CCSc3ccccc32)c(F)c1. The van der Waals surface area contributed by atoms with E-state index in [2.05, 4.69) is 0 Å². The van der Waals surface area contributed by atoms with Gasteiger partial charge >= 0.3 is 0 Å². The van der Waals surface area contributed by atoms with Crippen molar-refractivity contribution in [3.8, 4) is 0 Å². The molecule has 2 nitrogen and oxygen atoms in total. The summed E-state index contributed by atoms with van der Waals surface area (Å²) in [6.07, 6.45) is 0. The Bertz CT molecular complexity index is 671. The molecule has 3 rings (SSSR count). The Labute approximate surface area is 121 Å². The van der Waals surface area contributed by atoms with E-state index in [0.29, 0.717) is 6.54 Å². The first kappa shape index (κ1) is 13.2. The number of amides is 1. The number of aryl methyl sites for hydroxylation is 1. The van der Waals surface area contributed by atoms with Crippen LogP contribution in [-0.2, 0) is 0 Å². The first-order valence-corrected chi connectivity index (χ1v) is 7.45.